The van der Waals surface area contributed by atoms with Gasteiger partial charge in [0.15, 0.2) is 0 Å². The number of hydrogen-bond donors (Lipinski definition) is 2. The van der Waals surface area contributed by atoms with Crippen molar-refractivity contribution in [2.75, 3.05) is 18.8 Å². The zero-order valence-electron chi connectivity index (χ0n) is 11.1. The van der Waals surface area contributed by atoms with Gasteiger partial charge in [0.1, 0.15) is 12.2 Å². The molecule has 0 spiro atoms. The predicted molar refractivity (Wildman–Crippen MR) is 78.5 cm³/mol. The standard InChI is InChI=1S/C15H13N3O3/c1-2-7-18(9-14(19)20)15(21)13-8-11(16)10-5-3-4-6-12(10)17-13/h1,3-6,8H,7,9H2,(H2,16,17)(H,19,20). The number of nitrogens with two attached hydrogens (primary N) is 1. The van der Waals surface area contributed by atoms with E-state index in [1.807, 2.05) is 6.07 Å². The van der Waals surface area contributed by atoms with Crippen LogP contribution in [0.15, 0.2) is 30.3 Å². The second-order valence-corrected chi connectivity index (χ2v) is 4.37. The number of aliphatic carboxylic acids is 1. The van der Waals surface area contributed by atoms with Crippen LogP contribution in [0.25, 0.3) is 10.9 Å². The maximum Gasteiger partial charge on any atom is 0.323 e. The number of nitrogen functional groups attached to an aromatic ring is 1. The molecule has 2 rings (SSSR count). The van der Waals surface area contributed by atoms with Crippen LogP contribution in [0, 0.1) is 12.3 Å². The molecule has 0 radical (unpaired) electrons. The maximum atomic E-state index is 12.3. The Morgan fingerprint density at radius 2 is 2.10 bits per heavy atom. The number of para-hydroxylation sites is 1. The Labute approximate surface area is 121 Å². The number of aromatic nitrogens is 1. The van der Waals surface area contributed by atoms with E-state index in [0.717, 1.165) is 10.3 Å². The Kier molecular flexibility index (Phi) is 4.05. The van der Waals surface area contributed by atoms with Crippen molar-refractivity contribution >= 4 is 28.5 Å². The molecular weight excluding hydrogens is 270 g/mol. The molecule has 6 heteroatoms. The average Bonchev–Trinajstić information content (AvgIpc) is 2.45. The zero-order valence-corrected chi connectivity index (χ0v) is 11.1. The van der Waals surface area contributed by atoms with Gasteiger partial charge in [-0.3, -0.25) is 9.59 Å². The van der Waals surface area contributed by atoms with Crippen LogP contribution in [0.5, 0.6) is 0 Å². The van der Waals surface area contributed by atoms with Crippen molar-refractivity contribution in [3.05, 3.63) is 36.0 Å². The summed E-state index contributed by atoms with van der Waals surface area (Å²) in [5.41, 5.74) is 6.94. The first kappa shape index (κ1) is 14.3. The number of anilines is 1. The summed E-state index contributed by atoms with van der Waals surface area (Å²) in [5.74, 6) is 0.550. The third-order valence-corrected chi connectivity index (χ3v) is 2.86. The van der Waals surface area contributed by atoms with Crippen molar-refractivity contribution in [1.29, 1.82) is 0 Å². The lowest BCUT2D eigenvalue weighted by Gasteiger charge is -2.17. The van der Waals surface area contributed by atoms with Crippen LogP contribution in [0.2, 0.25) is 0 Å². The molecule has 0 aliphatic carbocycles. The van der Waals surface area contributed by atoms with Gasteiger partial charge in [0, 0.05) is 11.1 Å². The van der Waals surface area contributed by atoms with Gasteiger partial charge in [-0.15, -0.1) is 6.42 Å². The van der Waals surface area contributed by atoms with E-state index in [1.54, 1.807) is 18.2 Å². The average molecular weight is 283 g/mol. The number of hydrogen-bond acceptors (Lipinski definition) is 4. The SMILES string of the molecule is C#CCN(CC(=O)O)C(=O)c1cc(N)c2ccccc2n1. The van der Waals surface area contributed by atoms with Gasteiger partial charge >= 0.3 is 5.97 Å². The number of fused-ring (bicyclic) bond motifs is 1. The second-order valence-electron chi connectivity index (χ2n) is 4.37. The molecule has 0 saturated carbocycles. The molecule has 21 heavy (non-hydrogen) atoms. The monoisotopic (exact) mass is 283 g/mol. The maximum absolute atomic E-state index is 12.3. The molecule has 6 nitrogen and oxygen atoms in total. The Morgan fingerprint density at radius 1 is 1.38 bits per heavy atom. The van der Waals surface area contributed by atoms with Crippen molar-refractivity contribution in [3.63, 3.8) is 0 Å². The minimum Gasteiger partial charge on any atom is -0.480 e. The van der Waals surface area contributed by atoms with Gasteiger partial charge in [0.2, 0.25) is 0 Å². The number of terminal acetylenes is 1. The van der Waals surface area contributed by atoms with Crippen molar-refractivity contribution in [3.8, 4) is 12.3 Å². The van der Waals surface area contributed by atoms with Crippen LogP contribution in [0.4, 0.5) is 5.69 Å². The number of carbonyl (C=O) groups is 2. The summed E-state index contributed by atoms with van der Waals surface area (Å²) >= 11 is 0. The Balaban J connectivity index is 2.42. The van der Waals surface area contributed by atoms with E-state index in [-0.39, 0.29) is 12.2 Å². The van der Waals surface area contributed by atoms with Gasteiger partial charge in [0.05, 0.1) is 12.1 Å². The Bertz CT molecular complexity index is 749. The minimum atomic E-state index is -1.15. The van der Waals surface area contributed by atoms with Crippen LogP contribution < -0.4 is 5.73 Å². The normalized spacial score (nSPS) is 10.0. The highest BCUT2D eigenvalue weighted by atomic mass is 16.4. The molecule has 0 aliphatic heterocycles. The number of carboxylic acid groups (broad SMARTS) is 1. The molecule has 0 aliphatic rings. The molecule has 1 aromatic heterocycles. The first-order chi connectivity index (χ1) is 10.0. The van der Waals surface area contributed by atoms with Gasteiger partial charge in [0.25, 0.3) is 5.91 Å². The lowest BCUT2D eigenvalue weighted by Crippen LogP contribution is -2.36. The molecule has 0 atom stereocenters. The van der Waals surface area contributed by atoms with Crippen LogP contribution >= 0.6 is 0 Å². The van der Waals surface area contributed by atoms with Gasteiger partial charge in [-0.2, -0.15) is 0 Å². The molecule has 0 fully saturated rings. The van der Waals surface area contributed by atoms with E-state index in [2.05, 4.69) is 10.9 Å². The smallest absolute Gasteiger partial charge is 0.323 e. The summed E-state index contributed by atoms with van der Waals surface area (Å²) < 4.78 is 0. The fourth-order valence-corrected chi connectivity index (χ4v) is 1.95. The number of carboxylic acids is 1. The Hall–Kier alpha value is -3.07. The lowest BCUT2D eigenvalue weighted by molar-refractivity contribution is -0.137. The largest absolute Gasteiger partial charge is 0.480 e. The van der Waals surface area contributed by atoms with E-state index in [9.17, 15) is 9.59 Å². The van der Waals surface area contributed by atoms with Crippen LogP contribution in [0.3, 0.4) is 0 Å². The van der Waals surface area contributed by atoms with Gasteiger partial charge in [-0.05, 0) is 12.1 Å². The summed E-state index contributed by atoms with van der Waals surface area (Å²) in [6, 6.07) is 8.54. The number of amides is 1. The van der Waals surface area contributed by atoms with E-state index in [1.165, 1.54) is 6.07 Å². The van der Waals surface area contributed by atoms with Crippen LogP contribution in [-0.4, -0.2) is 40.0 Å². The highest BCUT2D eigenvalue weighted by Crippen LogP contribution is 2.20. The highest BCUT2D eigenvalue weighted by Gasteiger charge is 2.20. The molecule has 3 N–H and O–H groups in total. The highest BCUT2D eigenvalue weighted by molar-refractivity contribution is 6.00. The molecule has 1 heterocycles. The van der Waals surface area contributed by atoms with E-state index < -0.39 is 18.4 Å². The fourth-order valence-electron chi connectivity index (χ4n) is 1.95. The number of nitrogens with zero attached hydrogens (tertiary/aromatic N) is 2. The zero-order chi connectivity index (χ0) is 15.4. The summed E-state index contributed by atoms with van der Waals surface area (Å²) in [5, 5.41) is 9.56. The number of pyridine rings is 1. The van der Waals surface area contributed by atoms with Crippen LogP contribution in [-0.2, 0) is 4.79 Å². The predicted octanol–water partition coefficient (Wildman–Crippen LogP) is 0.977. The number of carbonyl (C=O) groups excluding carboxylic acids is 1. The molecule has 0 bridgehead atoms. The molecule has 106 valence electrons. The Morgan fingerprint density at radius 3 is 2.76 bits per heavy atom. The molecule has 0 saturated heterocycles. The minimum absolute atomic E-state index is 0.0719. The van der Waals surface area contributed by atoms with Crippen molar-refractivity contribution in [2.24, 2.45) is 0 Å². The van der Waals surface area contributed by atoms with E-state index in [4.69, 9.17) is 17.3 Å². The summed E-state index contributed by atoms with van der Waals surface area (Å²) in [4.78, 5) is 28.3. The molecule has 2 aromatic rings. The molecule has 1 aromatic carbocycles. The van der Waals surface area contributed by atoms with Crippen molar-refractivity contribution in [1.82, 2.24) is 9.88 Å². The van der Waals surface area contributed by atoms with Gasteiger partial charge in [-0.1, -0.05) is 24.1 Å². The van der Waals surface area contributed by atoms with E-state index in [0.29, 0.717) is 11.2 Å². The third kappa shape index (κ3) is 3.09. The quantitative estimate of drug-likeness (QED) is 0.815. The number of benzene rings is 1. The second kappa shape index (κ2) is 5.92. The van der Waals surface area contributed by atoms with Gasteiger partial charge < -0.3 is 15.7 Å². The summed E-state index contributed by atoms with van der Waals surface area (Å²) in [6.45, 7) is -0.600. The van der Waals surface area contributed by atoms with Crippen molar-refractivity contribution < 1.29 is 14.7 Å². The van der Waals surface area contributed by atoms with Gasteiger partial charge in [-0.25, -0.2) is 4.98 Å². The first-order valence-corrected chi connectivity index (χ1v) is 6.12. The summed E-state index contributed by atoms with van der Waals surface area (Å²) in [6.07, 6.45) is 5.16. The summed E-state index contributed by atoms with van der Waals surface area (Å²) in [7, 11) is 0. The third-order valence-electron chi connectivity index (χ3n) is 2.86. The molecule has 1 amide bonds. The van der Waals surface area contributed by atoms with E-state index >= 15 is 0 Å². The molecular formula is C15H13N3O3. The topological polar surface area (TPSA) is 96.5 Å². The lowest BCUT2D eigenvalue weighted by atomic mass is 10.1. The number of rotatable bonds is 4. The first-order valence-electron chi connectivity index (χ1n) is 6.12. The van der Waals surface area contributed by atoms with Crippen LogP contribution in [0.1, 0.15) is 10.5 Å². The molecule has 0 unspecified atom stereocenters. The van der Waals surface area contributed by atoms with Crippen molar-refractivity contribution in [2.45, 2.75) is 0 Å². The fraction of sp³-hybridized carbons (Fsp3) is 0.133.